The van der Waals surface area contributed by atoms with Crippen LogP contribution in [0.2, 0.25) is 0 Å². The van der Waals surface area contributed by atoms with Crippen LogP contribution in [0.5, 0.6) is 0 Å². The van der Waals surface area contributed by atoms with E-state index < -0.39 is 0 Å². The summed E-state index contributed by atoms with van der Waals surface area (Å²) in [5.74, 6) is 0.882. The van der Waals surface area contributed by atoms with E-state index in [1.165, 1.54) is 0 Å². The Balaban J connectivity index is 2.43. The normalized spacial score (nSPS) is 19.0. The minimum Gasteiger partial charge on any atom is -0.382 e. The zero-order valence-electron chi connectivity index (χ0n) is 9.49. The number of hydrogen-bond donors (Lipinski definition) is 1. The Kier molecular flexibility index (Phi) is 2.77. The number of hydrogen-bond acceptors (Lipinski definition) is 4. The molecule has 0 amide bonds. The lowest BCUT2D eigenvalue weighted by Gasteiger charge is -2.23. The van der Waals surface area contributed by atoms with E-state index >= 15 is 0 Å². The molecule has 0 bridgehead atoms. The fourth-order valence-electron chi connectivity index (χ4n) is 2.03. The molecule has 1 atom stereocenters. The van der Waals surface area contributed by atoms with Crippen LogP contribution in [0.25, 0.3) is 0 Å². The third-order valence-electron chi connectivity index (χ3n) is 3.09. The summed E-state index contributed by atoms with van der Waals surface area (Å²) < 4.78 is 1.61. The van der Waals surface area contributed by atoms with E-state index in [0.717, 1.165) is 12.2 Å². The summed E-state index contributed by atoms with van der Waals surface area (Å²) in [7, 11) is 1.69. The van der Waals surface area contributed by atoms with Crippen molar-refractivity contribution in [2.45, 2.75) is 26.3 Å². The highest BCUT2D eigenvalue weighted by atomic mass is 16.1. The van der Waals surface area contributed by atoms with E-state index in [4.69, 9.17) is 0 Å². The van der Waals surface area contributed by atoms with Crippen molar-refractivity contribution in [3.63, 3.8) is 0 Å². The van der Waals surface area contributed by atoms with Crippen LogP contribution in [0, 0.1) is 5.92 Å². The summed E-state index contributed by atoms with van der Waals surface area (Å²) in [4.78, 5) is 27.5. The fraction of sp³-hybridized carbons (Fsp3) is 0.545. The van der Waals surface area contributed by atoms with Gasteiger partial charge in [-0.05, 0) is 13.3 Å². The average Bonchev–Trinajstić information content (AvgIpc) is 2.29. The number of anilines is 1. The molecule has 1 aromatic rings. The van der Waals surface area contributed by atoms with Gasteiger partial charge in [0.05, 0.1) is 6.20 Å². The molecule has 5 nitrogen and oxygen atoms in total. The maximum Gasteiger partial charge on any atom is 0.276 e. The Labute approximate surface area is 93.5 Å². The van der Waals surface area contributed by atoms with Gasteiger partial charge >= 0.3 is 0 Å². The minimum atomic E-state index is -0.0848. The van der Waals surface area contributed by atoms with Crippen LogP contribution in [-0.2, 0) is 17.8 Å². The number of carbonyl (C=O) groups excluding carboxylic acids is 1. The van der Waals surface area contributed by atoms with Crippen molar-refractivity contribution in [3.8, 4) is 0 Å². The first kappa shape index (κ1) is 10.9. The molecule has 5 heteroatoms. The van der Waals surface area contributed by atoms with E-state index in [1.807, 2.05) is 0 Å². The van der Waals surface area contributed by atoms with Crippen LogP contribution in [-0.4, -0.2) is 22.4 Å². The summed E-state index contributed by atoms with van der Waals surface area (Å²) in [5.41, 5.74) is 0.395. The molecule has 1 aliphatic rings. The number of ketones is 1. The molecule has 86 valence electrons. The lowest BCUT2D eigenvalue weighted by atomic mass is 9.95. The van der Waals surface area contributed by atoms with Gasteiger partial charge in [0.25, 0.3) is 5.56 Å². The van der Waals surface area contributed by atoms with Crippen LogP contribution in [0.1, 0.15) is 19.2 Å². The number of nitrogens with zero attached hydrogens (tertiary/aromatic N) is 2. The van der Waals surface area contributed by atoms with Crippen molar-refractivity contribution in [3.05, 3.63) is 22.4 Å². The average molecular weight is 221 g/mol. The Morgan fingerprint density at radius 1 is 1.62 bits per heavy atom. The summed E-state index contributed by atoms with van der Waals surface area (Å²) in [6.45, 7) is 2.04. The molecule has 1 unspecified atom stereocenters. The van der Waals surface area contributed by atoms with Crippen molar-refractivity contribution in [2.75, 3.05) is 12.4 Å². The van der Waals surface area contributed by atoms with Crippen LogP contribution < -0.4 is 10.9 Å². The van der Waals surface area contributed by atoms with E-state index in [0.29, 0.717) is 18.7 Å². The van der Waals surface area contributed by atoms with Gasteiger partial charge in [0, 0.05) is 25.9 Å². The Morgan fingerprint density at radius 3 is 3.00 bits per heavy atom. The first-order valence-electron chi connectivity index (χ1n) is 5.40. The predicted molar refractivity (Wildman–Crippen MR) is 60.5 cm³/mol. The zero-order chi connectivity index (χ0) is 11.7. The van der Waals surface area contributed by atoms with Gasteiger partial charge in [-0.25, -0.2) is 4.98 Å². The Morgan fingerprint density at radius 2 is 2.38 bits per heavy atom. The number of aryl methyl sites for hydroxylation is 1. The molecule has 0 spiro atoms. The van der Waals surface area contributed by atoms with Crippen LogP contribution in [0.15, 0.2) is 11.0 Å². The van der Waals surface area contributed by atoms with Gasteiger partial charge in [0.1, 0.15) is 17.3 Å². The smallest absolute Gasteiger partial charge is 0.276 e. The van der Waals surface area contributed by atoms with Gasteiger partial charge in [0.15, 0.2) is 0 Å². The van der Waals surface area contributed by atoms with E-state index in [1.54, 1.807) is 24.7 Å². The molecular formula is C11H15N3O2. The zero-order valence-corrected chi connectivity index (χ0v) is 9.49. The standard InChI is InChI=1S/C11H15N3O2/c1-7(15)8-3-4-10-13-5-9(12-2)11(16)14(10)6-8/h5,8,12H,3-4,6H2,1-2H3. The molecule has 16 heavy (non-hydrogen) atoms. The first-order chi connectivity index (χ1) is 7.63. The van der Waals surface area contributed by atoms with Gasteiger partial charge in [-0.2, -0.15) is 0 Å². The molecule has 0 aromatic carbocycles. The summed E-state index contributed by atoms with van der Waals surface area (Å²) in [6, 6.07) is 0. The molecule has 1 aromatic heterocycles. The Bertz CT molecular complexity index is 479. The number of aromatic nitrogens is 2. The number of nitrogens with one attached hydrogen (secondary N) is 1. The quantitative estimate of drug-likeness (QED) is 0.787. The molecule has 2 rings (SSSR count). The van der Waals surface area contributed by atoms with Crippen molar-refractivity contribution < 1.29 is 4.79 Å². The molecule has 0 aliphatic carbocycles. The van der Waals surface area contributed by atoms with Crippen molar-refractivity contribution >= 4 is 11.5 Å². The molecular weight excluding hydrogens is 206 g/mol. The van der Waals surface area contributed by atoms with Gasteiger partial charge in [-0.15, -0.1) is 0 Å². The van der Waals surface area contributed by atoms with Crippen molar-refractivity contribution in [1.29, 1.82) is 0 Å². The summed E-state index contributed by atoms with van der Waals surface area (Å²) in [6.07, 6.45) is 3.05. The first-order valence-corrected chi connectivity index (χ1v) is 5.40. The van der Waals surface area contributed by atoms with Gasteiger partial charge in [0.2, 0.25) is 0 Å². The molecule has 0 radical (unpaired) electrons. The van der Waals surface area contributed by atoms with E-state index in [-0.39, 0.29) is 17.3 Å². The molecule has 1 aliphatic heterocycles. The number of fused-ring (bicyclic) bond motifs is 1. The van der Waals surface area contributed by atoms with Crippen molar-refractivity contribution in [2.24, 2.45) is 5.92 Å². The molecule has 0 saturated carbocycles. The molecule has 0 fully saturated rings. The summed E-state index contributed by atoms with van der Waals surface area (Å²) in [5, 5.41) is 2.81. The van der Waals surface area contributed by atoms with Crippen LogP contribution >= 0.6 is 0 Å². The monoisotopic (exact) mass is 221 g/mol. The number of Topliss-reactive ketones (excluding diaryl/α,β-unsaturated/α-hetero) is 1. The van der Waals surface area contributed by atoms with E-state index in [9.17, 15) is 9.59 Å². The molecule has 0 saturated heterocycles. The maximum absolute atomic E-state index is 12.0. The highest BCUT2D eigenvalue weighted by Crippen LogP contribution is 2.18. The van der Waals surface area contributed by atoms with Crippen LogP contribution in [0.4, 0.5) is 5.69 Å². The lowest BCUT2D eigenvalue weighted by Crippen LogP contribution is -2.35. The van der Waals surface area contributed by atoms with Crippen molar-refractivity contribution in [1.82, 2.24) is 9.55 Å². The lowest BCUT2D eigenvalue weighted by molar-refractivity contribution is -0.121. The number of carbonyl (C=O) groups is 1. The second-order valence-corrected chi connectivity index (χ2v) is 4.10. The second kappa shape index (κ2) is 4.08. The largest absolute Gasteiger partial charge is 0.382 e. The van der Waals surface area contributed by atoms with E-state index in [2.05, 4.69) is 10.3 Å². The molecule has 2 heterocycles. The van der Waals surface area contributed by atoms with Gasteiger partial charge in [-0.1, -0.05) is 0 Å². The fourth-order valence-corrected chi connectivity index (χ4v) is 2.03. The highest BCUT2D eigenvalue weighted by Gasteiger charge is 2.23. The number of rotatable bonds is 2. The maximum atomic E-state index is 12.0. The predicted octanol–water partition coefficient (Wildman–Crippen LogP) is 0.436. The van der Waals surface area contributed by atoms with Gasteiger partial charge in [-0.3, -0.25) is 14.2 Å². The van der Waals surface area contributed by atoms with Gasteiger partial charge < -0.3 is 5.32 Å². The molecule has 1 N–H and O–H groups in total. The second-order valence-electron chi connectivity index (χ2n) is 4.10. The third kappa shape index (κ3) is 1.73. The third-order valence-corrected chi connectivity index (χ3v) is 3.09. The topological polar surface area (TPSA) is 64.0 Å². The van der Waals surface area contributed by atoms with Crippen LogP contribution in [0.3, 0.4) is 0 Å². The highest BCUT2D eigenvalue weighted by molar-refractivity contribution is 5.78. The Hall–Kier alpha value is -1.65. The SMILES string of the molecule is CNc1cnc2n(c1=O)CC(C(C)=O)CC2. The summed E-state index contributed by atoms with van der Waals surface area (Å²) >= 11 is 0. The minimum absolute atomic E-state index is 0.0425.